The van der Waals surface area contributed by atoms with E-state index in [1.165, 1.54) is 22.3 Å². The Morgan fingerprint density at radius 3 is 2.06 bits per heavy atom. The molecule has 0 fully saturated rings. The smallest absolute Gasteiger partial charge is 0.0607 e. The van der Waals surface area contributed by atoms with Gasteiger partial charge < -0.3 is 10.4 Å². The lowest BCUT2D eigenvalue weighted by Gasteiger charge is -2.25. The Balaban J connectivity index is 2.82. The third-order valence-electron chi connectivity index (χ3n) is 2.98. The van der Waals surface area contributed by atoms with Gasteiger partial charge in [0, 0.05) is 12.1 Å². The third kappa shape index (κ3) is 3.32. The van der Waals surface area contributed by atoms with E-state index in [9.17, 15) is 5.11 Å². The van der Waals surface area contributed by atoms with E-state index < -0.39 is 0 Å². The summed E-state index contributed by atoms with van der Waals surface area (Å²) in [6, 6.07) is 4.41. The molecular weight excluding hydrogens is 198 g/mol. The summed E-state index contributed by atoms with van der Waals surface area (Å²) in [5.41, 5.74) is 5.06. The Morgan fingerprint density at radius 2 is 1.62 bits per heavy atom. The van der Waals surface area contributed by atoms with E-state index in [2.05, 4.69) is 38.2 Å². The molecule has 1 rings (SSSR count). The zero-order valence-electron chi connectivity index (χ0n) is 11.0. The van der Waals surface area contributed by atoms with Crippen molar-refractivity contribution in [3.05, 3.63) is 34.4 Å². The molecule has 0 aliphatic carbocycles. The maximum Gasteiger partial charge on any atom is 0.0607 e. The molecular formula is C14H23NO. The van der Waals surface area contributed by atoms with Crippen LogP contribution in [0.3, 0.4) is 0 Å². The van der Waals surface area contributed by atoms with Crippen LogP contribution in [0.4, 0.5) is 0 Å². The Kier molecular flexibility index (Phi) is 4.11. The second-order valence-electron chi connectivity index (χ2n) is 5.27. The second-order valence-corrected chi connectivity index (χ2v) is 5.27. The van der Waals surface area contributed by atoms with Gasteiger partial charge in [0.2, 0.25) is 0 Å². The summed E-state index contributed by atoms with van der Waals surface area (Å²) in [6.07, 6.45) is 0. The highest BCUT2D eigenvalue weighted by Gasteiger charge is 2.15. The minimum atomic E-state index is -0.218. The number of rotatable bonds is 4. The fourth-order valence-corrected chi connectivity index (χ4v) is 1.87. The molecule has 0 aliphatic rings. The quantitative estimate of drug-likeness (QED) is 0.818. The zero-order valence-corrected chi connectivity index (χ0v) is 11.0. The molecule has 0 amide bonds. The molecule has 0 unspecified atom stereocenters. The van der Waals surface area contributed by atoms with Gasteiger partial charge in [-0.2, -0.15) is 0 Å². The Labute approximate surface area is 98.7 Å². The highest BCUT2D eigenvalue weighted by Crippen LogP contribution is 2.17. The van der Waals surface area contributed by atoms with Crippen molar-refractivity contribution in [2.75, 3.05) is 6.61 Å². The van der Waals surface area contributed by atoms with Gasteiger partial charge in [-0.05, 0) is 51.3 Å². The maximum atomic E-state index is 9.19. The van der Waals surface area contributed by atoms with Crippen molar-refractivity contribution in [3.63, 3.8) is 0 Å². The Bertz CT molecular complexity index is 346. The van der Waals surface area contributed by atoms with Crippen molar-refractivity contribution in [2.45, 2.75) is 46.7 Å². The second kappa shape index (κ2) is 4.98. The van der Waals surface area contributed by atoms with Crippen molar-refractivity contribution in [3.8, 4) is 0 Å². The van der Waals surface area contributed by atoms with Gasteiger partial charge in [-0.15, -0.1) is 0 Å². The predicted octanol–water partition coefficient (Wildman–Crippen LogP) is 2.47. The van der Waals surface area contributed by atoms with Crippen LogP contribution in [0.2, 0.25) is 0 Å². The van der Waals surface area contributed by atoms with Crippen molar-refractivity contribution < 1.29 is 5.11 Å². The van der Waals surface area contributed by atoms with Crippen LogP contribution in [0.5, 0.6) is 0 Å². The molecule has 16 heavy (non-hydrogen) atoms. The van der Waals surface area contributed by atoms with E-state index in [0.29, 0.717) is 0 Å². The summed E-state index contributed by atoms with van der Waals surface area (Å²) in [4.78, 5) is 0. The topological polar surface area (TPSA) is 32.3 Å². The molecule has 1 aromatic rings. The van der Waals surface area contributed by atoms with Crippen molar-refractivity contribution >= 4 is 0 Å². The molecule has 0 aromatic heterocycles. The number of nitrogens with one attached hydrogen (secondary N) is 1. The van der Waals surface area contributed by atoms with E-state index in [1.807, 2.05) is 13.8 Å². The number of benzene rings is 1. The average Bonchev–Trinajstić information content (AvgIpc) is 2.16. The summed E-state index contributed by atoms with van der Waals surface area (Å²) in [7, 11) is 0. The normalized spacial score (nSPS) is 11.9. The van der Waals surface area contributed by atoms with E-state index in [-0.39, 0.29) is 12.1 Å². The summed E-state index contributed by atoms with van der Waals surface area (Å²) >= 11 is 0. The molecule has 0 radical (unpaired) electrons. The maximum absolute atomic E-state index is 9.19. The molecule has 0 atom stereocenters. The number of aliphatic hydroxyl groups is 1. The largest absolute Gasteiger partial charge is 0.394 e. The molecule has 1 aromatic carbocycles. The molecule has 90 valence electrons. The fourth-order valence-electron chi connectivity index (χ4n) is 1.87. The molecule has 2 heteroatoms. The van der Waals surface area contributed by atoms with Gasteiger partial charge >= 0.3 is 0 Å². The Hall–Kier alpha value is -0.860. The van der Waals surface area contributed by atoms with Gasteiger partial charge in [0.15, 0.2) is 0 Å². The first-order valence-electron chi connectivity index (χ1n) is 5.78. The van der Waals surface area contributed by atoms with Crippen LogP contribution in [0.25, 0.3) is 0 Å². The van der Waals surface area contributed by atoms with Gasteiger partial charge in [0.1, 0.15) is 0 Å². The molecule has 0 bridgehead atoms. The van der Waals surface area contributed by atoms with Crippen LogP contribution in [0.15, 0.2) is 12.1 Å². The SMILES string of the molecule is Cc1cc(C)c(CNC(C)(C)CO)c(C)c1. The van der Waals surface area contributed by atoms with Gasteiger partial charge in [-0.1, -0.05) is 17.7 Å². The predicted molar refractivity (Wildman–Crippen MR) is 68.7 cm³/mol. The lowest BCUT2D eigenvalue weighted by atomic mass is 9.98. The summed E-state index contributed by atoms with van der Waals surface area (Å²) in [5.74, 6) is 0. The third-order valence-corrected chi connectivity index (χ3v) is 2.98. The van der Waals surface area contributed by atoms with Crippen LogP contribution in [-0.4, -0.2) is 17.3 Å². The molecule has 2 nitrogen and oxygen atoms in total. The first-order valence-corrected chi connectivity index (χ1v) is 5.78. The minimum absolute atomic E-state index is 0.150. The van der Waals surface area contributed by atoms with E-state index in [1.54, 1.807) is 0 Å². The number of hydrogen-bond donors (Lipinski definition) is 2. The van der Waals surface area contributed by atoms with Crippen LogP contribution < -0.4 is 5.32 Å². The van der Waals surface area contributed by atoms with Crippen molar-refractivity contribution in [2.24, 2.45) is 0 Å². The van der Waals surface area contributed by atoms with Gasteiger partial charge in [0.25, 0.3) is 0 Å². The minimum Gasteiger partial charge on any atom is -0.394 e. The zero-order chi connectivity index (χ0) is 12.3. The molecule has 2 N–H and O–H groups in total. The van der Waals surface area contributed by atoms with Crippen LogP contribution in [0, 0.1) is 20.8 Å². The fraction of sp³-hybridized carbons (Fsp3) is 0.571. The molecule has 0 heterocycles. The highest BCUT2D eigenvalue weighted by molar-refractivity contribution is 5.37. The first-order chi connectivity index (χ1) is 7.35. The van der Waals surface area contributed by atoms with E-state index in [4.69, 9.17) is 0 Å². The van der Waals surface area contributed by atoms with Crippen LogP contribution in [0.1, 0.15) is 36.1 Å². The molecule has 0 aliphatic heterocycles. The molecule has 0 spiro atoms. The summed E-state index contributed by atoms with van der Waals surface area (Å²) in [6.45, 7) is 11.4. The first kappa shape index (κ1) is 13.2. The van der Waals surface area contributed by atoms with Gasteiger partial charge in [-0.3, -0.25) is 0 Å². The summed E-state index contributed by atoms with van der Waals surface area (Å²) < 4.78 is 0. The van der Waals surface area contributed by atoms with Crippen LogP contribution in [-0.2, 0) is 6.54 Å². The number of hydrogen-bond acceptors (Lipinski definition) is 2. The van der Waals surface area contributed by atoms with Gasteiger partial charge in [0.05, 0.1) is 6.61 Å². The standard InChI is InChI=1S/C14H23NO/c1-10-6-11(2)13(12(3)7-10)8-15-14(4,5)9-16/h6-7,15-16H,8-9H2,1-5H3. The van der Waals surface area contributed by atoms with E-state index >= 15 is 0 Å². The van der Waals surface area contributed by atoms with Crippen LogP contribution >= 0.6 is 0 Å². The van der Waals surface area contributed by atoms with Crippen molar-refractivity contribution in [1.82, 2.24) is 5.32 Å². The average molecular weight is 221 g/mol. The lowest BCUT2D eigenvalue weighted by molar-refractivity contribution is 0.187. The number of aliphatic hydroxyl groups excluding tert-OH is 1. The summed E-state index contributed by atoms with van der Waals surface area (Å²) in [5, 5.41) is 12.6. The molecule has 0 saturated heterocycles. The monoisotopic (exact) mass is 221 g/mol. The number of aryl methyl sites for hydroxylation is 3. The highest BCUT2D eigenvalue weighted by atomic mass is 16.3. The van der Waals surface area contributed by atoms with Gasteiger partial charge in [-0.25, -0.2) is 0 Å². The molecule has 0 saturated carbocycles. The van der Waals surface area contributed by atoms with Crippen molar-refractivity contribution in [1.29, 1.82) is 0 Å². The van der Waals surface area contributed by atoms with E-state index in [0.717, 1.165) is 6.54 Å². The lowest BCUT2D eigenvalue weighted by Crippen LogP contribution is -2.42. The Morgan fingerprint density at radius 1 is 1.12 bits per heavy atom.